The van der Waals surface area contributed by atoms with Crippen molar-refractivity contribution in [2.75, 3.05) is 6.61 Å². The Morgan fingerprint density at radius 3 is 2.62 bits per heavy atom. The fourth-order valence-corrected chi connectivity index (χ4v) is 5.96. The zero-order chi connectivity index (χ0) is 18.3. The lowest BCUT2D eigenvalue weighted by atomic mass is 9.60. The van der Waals surface area contributed by atoms with Gasteiger partial charge in [0.15, 0.2) is 0 Å². The Bertz CT molecular complexity index is 733. The monoisotopic (exact) mass is 354 g/mol. The molecule has 3 aliphatic rings. The van der Waals surface area contributed by atoms with Gasteiger partial charge in [0.25, 0.3) is 0 Å². The van der Waals surface area contributed by atoms with Gasteiger partial charge < -0.3 is 9.84 Å². The maximum Gasteiger partial charge on any atom is 0.330 e. The molecule has 1 aromatic carbocycles. The van der Waals surface area contributed by atoms with Crippen LogP contribution in [0.15, 0.2) is 23.8 Å². The van der Waals surface area contributed by atoms with Crippen molar-refractivity contribution in [2.24, 2.45) is 17.8 Å². The molecule has 3 nitrogen and oxygen atoms in total. The largest absolute Gasteiger partial charge is 0.508 e. The first kappa shape index (κ1) is 17.6. The average Bonchev–Trinajstić information content (AvgIpc) is 3.04. The summed E-state index contributed by atoms with van der Waals surface area (Å²) in [6.07, 6.45) is 9.62. The van der Waals surface area contributed by atoms with E-state index in [1.807, 2.05) is 13.0 Å². The number of fused-ring (bicyclic) bond motifs is 5. The van der Waals surface area contributed by atoms with Gasteiger partial charge in [-0.2, -0.15) is 0 Å². The Morgan fingerprint density at radius 2 is 1.85 bits per heavy atom. The average molecular weight is 354 g/mol. The Balaban J connectivity index is 1.59. The maximum absolute atomic E-state index is 11.9. The van der Waals surface area contributed by atoms with Gasteiger partial charge in [-0.3, -0.25) is 0 Å². The van der Waals surface area contributed by atoms with Gasteiger partial charge in [0.1, 0.15) is 5.75 Å². The number of phenols is 1. The first-order chi connectivity index (χ1) is 12.6. The molecular weight excluding hydrogens is 324 g/mol. The Labute approximate surface area is 156 Å². The fraction of sp³-hybridized carbons (Fsp3) is 0.609. The summed E-state index contributed by atoms with van der Waals surface area (Å²) in [6.45, 7) is 4.42. The second kappa shape index (κ2) is 7.09. The topological polar surface area (TPSA) is 46.5 Å². The number of carbonyl (C=O) groups is 1. The summed E-state index contributed by atoms with van der Waals surface area (Å²) in [6, 6.07) is 4.31. The Kier molecular flexibility index (Phi) is 4.81. The summed E-state index contributed by atoms with van der Waals surface area (Å²) >= 11 is 0. The third-order valence-electron chi connectivity index (χ3n) is 7.07. The minimum Gasteiger partial charge on any atom is -0.508 e. The molecule has 0 aromatic heterocycles. The van der Waals surface area contributed by atoms with Crippen LogP contribution in [0.3, 0.4) is 0 Å². The van der Waals surface area contributed by atoms with Crippen LogP contribution >= 0.6 is 0 Å². The van der Waals surface area contributed by atoms with Crippen LogP contribution in [0.4, 0.5) is 0 Å². The SMILES string of the molecule is CCOC(=O)/C=C1/CCC2C1CCC1c3cc(CC)c(O)cc3CCC12. The molecule has 0 amide bonds. The number of benzene rings is 1. The highest BCUT2D eigenvalue weighted by molar-refractivity contribution is 5.83. The third-order valence-corrected chi connectivity index (χ3v) is 7.07. The van der Waals surface area contributed by atoms with Crippen molar-refractivity contribution in [3.63, 3.8) is 0 Å². The van der Waals surface area contributed by atoms with Gasteiger partial charge in [-0.05, 0) is 98.3 Å². The van der Waals surface area contributed by atoms with Gasteiger partial charge in [0.2, 0.25) is 0 Å². The van der Waals surface area contributed by atoms with Crippen LogP contribution in [0.5, 0.6) is 5.75 Å². The molecule has 2 saturated carbocycles. The lowest BCUT2D eigenvalue weighted by Crippen LogP contribution is -2.34. The van der Waals surface area contributed by atoms with E-state index in [4.69, 9.17) is 4.74 Å². The molecule has 0 spiro atoms. The van der Waals surface area contributed by atoms with Gasteiger partial charge in [0.05, 0.1) is 6.61 Å². The van der Waals surface area contributed by atoms with Crippen LogP contribution in [0.1, 0.15) is 68.6 Å². The lowest BCUT2D eigenvalue weighted by molar-refractivity contribution is -0.137. The number of esters is 1. The van der Waals surface area contributed by atoms with Gasteiger partial charge >= 0.3 is 5.97 Å². The number of aromatic hydroxyl groups is 1. The quantitative estimate of drug-likeness (QED) is 0.620. The maximum atomic E-state index is 11.9. The molecule has 2 fully saturated rings. The molecule has 3 heteroatoms. The van der Waals surface area contributed by atoms with Crippen molar-refractivity contribution in [1.29, 1.82) is 0 Å². The zero-order valence-corrected chi connectivity index (χ0v) is 16.0. The first-order valence-electron chi connectivity index (χ1n) is 10.3. The van der Waals surface area contributed by atoms with Crippen LogP contribution in [0, 0.1) is 17.8 Å². The van der Waals surface area contributed by atoms with E-state index in [0.717, 1.165) is 30.7 Å². The minimum absolute atomic E-state index is 0.165. The smallest absolute Gasteiger partial charge is 0.330 e. The first-order valence-corrected chi connectivity index (χ1v) is 10.3. The molecule has 0 heterocycles. The van der Waals surface area contributed by atoms with Crippen molar-refractivity contribution in [1.82, 2.24) is 0 Å². The fourth-order valence-electron chi connectivity index (χ4n) is 5.96. The van der Waals surface area contributed by atoms with Crippen molar-refractivity contribution in [3.8, 4) is 5.75 Å². The second-order valence-electron chi connectivity index (χ2n) is 8.20. The van der Waals surface area contributed by atoms with E-state index in [1.165, 1.54) is 42.4 Å². The molecule has 0 aliphatic heterocycles. The highest BCUT2D eigenvalue weighted by atomic mass is 16.5. The lowest BCUT2D eigenvalue weighted by Gasteiger charge is -2.44. The van der Waals surface area contributed by atoms with Crippen LogP contribution in [0.25, 0.3) is 0 Å². The second-order valence-corrected chi connectivity index (χ2v) is 8.20. The molecule has 0 bridgehead atoms. The predicted molar refractivity (Wildman–Crippen MR) is 102 cm³/mol. The van der Waals surface area contributed by atoms with Gasteiger partial charge in [-0.1, -0.05) is 18.6 Å². The van der Waals surface area contributed by atoms with Crippen LogP contribution in [-0.2, 0) is 22.4 Å². The molecule has 0 radical (unpaired) electrons. The summed E-state index contributed by atoms with van der Waals surface area (Å²) in [5.41, 5.74) is 5.27. The van der Waals surface area contributed by atoms with E-state index in [9.17, 15) is 9.90 Å². The number of hydrogen-bond donors (Lipinski definition) is 1. The van der Waals surface area contributed by atoms with Crippen LogP contribution < -0.4 is 0 Å². The summed E-state index contributed by atoms with van der Waals surface area (Å²) in [4.78, 5) is 11.9. The zero-order valence-electron chi connectivity index (χ0n) is 16.0. The molecule has 1 aromatic rings. The number of rotatable bonds is 3. The standard InChI is InChI=1S/C23H30O3/c1-3-14-11-21-15(12-22(14)24)5-8-19-18-7-6-16(13-23(25)26-4-2)17(18)9-10-20(19)21/h11-13,17-20,24H,3-10H2,1-2H3/b16-13-. The normalized spacial score (nSPS) is 31.2. The van der Waals surface area contributed by atoms with E-state index in [1.54, 1.807) is 6.08 Å². The third kappa shape index (κ3) is 2.95. The molecule has 0 saturated heterocycles. The van der Waals surface area contributed by atoms with Crippen molar-refractivity contribution in [2.45, 2.75) is 64.7 Å². The number of ether oxygens (including phenoxy) is 1. The molecule has 1 N–H and O–H groups in total. The number of hydrogen-bond acceptors (Lipinski definition) is 3. The van der Waals surface area contributed by atoms with E-state index >= 15 is 0 Å². The van der Waals surface area contributed by atoms with E-state index in [-0.39, 0.29) is 5.97 Å². The molecule has 3 aliphatic carbocycles. The van der Waals surface area contributed by atoms with E-state index < -0.39 is 0 Å². The van der Waals surface area contributed by atoms with Crippen molar-refractivity contribution >= 4 is 5.97 Å². The van der Waals surface area contributed by atoms with Crippen molar-refractivity contribution < 1.29 is 14.6 Å². The molecule has 4 atom stereocenters. The van der Waals surface area contributed by atoms with Gasteiger partial charge in [-0.25, -0.2) is 4.79 Å². The molecular formula is C23H30O3. The molecule has 4 rings (SSSR count). The highest BCUT2D eigenvalue weighted by Crippen LogP contribution is 2.57. The van der Waals surface area contributed by atoms with Crippen molar-refractivity contribution in [3.05, 3.63) is 40.5 Å². The van der Waals surface area contributed by atoms with Crippen LogP contribution in [0.2, 0.25) is 0 Å². The molecule has 4 unspecified atom stereocenters. The Morgan fingerprint density at radius 1 is 1.12 bits per heavy atom. The van der Waals surface area contributed by atoms with Crippen LogP contribution in [-0.4, -0.2) is 17.7 Å². The number of aryl methyl sites for hydroxylation is 2. The van der Waals surface area contributed by atoms with E-state index in [0.29, 0.717) is 30.1 Å². The van der Waals surface area contributed by atoms with E-state index in [2.05, 4.69) is 13.0 Å². The summed E-state index contributed by atoms with van der Waals surface area (Å²) in [7, 11) is 0. The number of allylic oxidation sites excluding steroid dienone is 1. The van der Waals surface area contributed by atoms with Gasteiger partial charge in [-0.15, -0.1) is 0 Å². The highest BCUT2D eigenvalue weighted by Gasteiger charge is 2.46. The summed E-state index contributed by atoms with van der Waals surface area (Å²) in [5.74, 6) is 2.95. The minimum atomic E-state index is -0.165. The Hall–Kier alpha value is -1.77. The summed E-state index contributed by atoms with van der Waals surface area (Å²) in [5, 5.41) is 10.2. The number of phenolic OH excluding ortho intramolecular Hbond substituents is 1. The van der Waals surface area contributed by atoms with Gasteiger partial charge in [0, 0.05) is 6.08 Å². The summed E-state index contributed by atoms with van der Waals surface area (Å²) < 4.78 is 5.13. The number of carbonyl (C=O) groups excluding carboxylic acids is 1. The molecule has 140 valence electrons. The molecule has 26 heavy (non-hydrogen) atoms. The predicted octanol–water partition coefficient (Wildman–Crippen LogP) is 4.91.